The van der Waals surface area contributed by atoms with Crippen LogP contribution in [-0.4, -0.2) is 21.1 Å². The molecule has 1 aromatic carbocycles. The van der Waals surface area contributed by atoms with Crippen molar-refractivity contribution >= 4 is 22.1 Å². The van der Waals surface area contributed by atoms with Crippen molar-refractivity contribution in [3.05, 3.63) is 47.0 Å². The molecule has 0 aliphatic rings. The number of hydrogen-bond donors (Lipinski definition) is 1. The van der Waals surface area contributed by atoms with Crippen molar-refractivity contribution in [3.8, 4) is 0 Å². The number of halogens is 1. The van der Waals surface area contributed by atoms with Crippen LogP contribution in [0.5, 0.6) is 0 Å². The van der Waals surface area contributed by atoms with Crippen LogP contribution in [-0.2, 0) is 0 Å². The summed E-state index contributed by atoms with van der Waals surface area (Å²) in [4.78, 5) is 5.18. The van der Waals surface area contributed by atoms with Gasteiger partial charge in [-0.05, 0) is 17.7 Å². The highest BCUT2D eigenvalue weighted by Crippen LogP contribution is 2.08. The zero-order valence-electron chi connectivity index (χ0n) is 7.71. The minimum atomic E-state index is 1.01. The Labute approximate surface area is 94.9 Å². The molecule has 2 aromatic rings. The summed E-state index contributed by atoms with van der Waals surface area (Å²) in [6, 6.07) is 7.82. The minimum Gasteiger partial charge on any atom is -0.221 e. The zero-order valence-corrected chi connectivity index (χ0v) is 9.29. The molecule has 0 fully saturated rings. The summed E-state index contributed by atoms with van der Waals surface area (Å²) in [5.74, 6) is 0. The predicted octanol–water partition coefficient (Wildman–Crippen LogP) is 1.62. The van der Waals surface area contributed by atoms with E-state index in [1.165, 1.54) is 17.4 Å². The van der Waals surface area contributed by atoms with Crippen LogP contribution in [0.4, 0.5) is 0 Å². The number of hydrazone groups is 1. The summed E-state index contributed by atoms with van der Waals surface area (Å²) < 4.78 is 1.05. The fraction of sp³-hybridized carbons (Fsp3) is 0. The van der Waals surface area contributed by atoms with Gasteiger partial charge in [0.25, 0.3) is 0 Å². The molecule has 0 saturated carbocycles. The molecule has 0 aliphatic heterocycles. The lowest BCUT2D eigenvalue weighted by Crippen LogP contribution is -2.08. The van der Waals surface area contributed by atoms with Crippen molar-refractivity contribution in [2.45, 2.75) is 0 Å². The maximum Gasteiger partial charge on any atom is 0.139 e. The van der Waals surface area contributed by atoms with Crippen molar-refractivity contribution < 1.29 is 0 Å². The molecule has 0 aliphatic carbocycles. The molecule has 0 atom stereocenters. The second kappa shape index (κ2) is 4.70. The topological polar surface area (TPSA) is 55.1 Å². The summed E-state index contributed by atoms with van der Waals surface area (Å²) in [5.41, 5.74) is 3.69. The van der Waals surface area contributed by atoms with E-state index in [1.54, 1.807) is 6.21 Å². The third-order valence-corrected chi connectivity index (χ3v) is 2.19. The van der Waals surface area contributed by atoms with E-state index in [4.69, 9.17) is 0 Å². The van der Waals surface area contributed by atoms with Crippen LogP contribution in [0.15, 0.2) is 46.5 Å². The molecule has 0 amide bonds. The maximum absolute atomic E-state index is 3.98. The molecule has 5 nitrogen and oxygen atoms in total. The molecule has 6 heteroatoms. The molecule has 0 bridgehead atoms. The van der Waals surface area contributed by atoms with E-state index in [1.807, 2.05) is 24.3 Å². The van der Waals surface area contributed by atoms with E-state index >= 15 is 0 Å². The van der Waals surface area contributed by atoms with Gasteiger partial charge >= 0.3 is 0 Å². The van der Waals surface area contributed by atoms with Gasteiger partial charge in [0.2, 0.25) is 0 Å². The molecular formula is C9H8BrN5. The molecule has 0 unspecified atom stereocenters. The van der Waals surface area contributed by atoms with E-state index < -0.39 is 0 Å². The van der Waals surface area contributed by atoms with Crippen molar-refractivity contribution in [2.75, 3.05) is 5.53 Å². The maximum atomic E-state index is 3.98. The van der Waals surface area contributed by atoms with E-state index in [0.29, 0.717) is 0 Å². The summed E-state index contributed by atoms with van der Waals surface area (Å²) in [6.45, 7) is 0. The first kappa shape index (κ1) is 9.85. The van der Waals surface area contributed by atoms with Crippen LogP contribution in [0.25, 0.3) is 0 Å². The molecule has 0 spiro atoms. The third kappa shape index (κ3) is 2.88. The van der Waals surface area contributed by atoms with Crippen LogP contribution in [0, 0.1) is 0 Å². The van der Waals surface area contributed by atoms with Gasteiger partial charge in [-0.25, -0.2) is 4.98 Å². The molecule has 0 saturated heterocycles. The van der Waals surface area contributed by atoms with Gasteiger partial charge in [-0.2, -0.15) is 10.6 Å². The van der Waals surface area contributed by atoms with E-state index in [2.05, 4.69) is 36.6 Å². The van der Waals surface area contributed by atoms with Gasteiger partial charge in [0.15, 0.2) is 0 Å². The molecule has 2 rings (SSSR count). The van der Waals surface area contributed by atoms with Crippen LogP contribution in [0.3, 0.4) is 0 Å². The minimum absolute atomic E-state index is 1.01. The van der Waals surface area contributed by atoms with Crippen LogP contribution in [0.2, 0.25) is 0 Å². The van der Waals surface area contributed by atoms with E-state index in [9.17, 15) is 0 Å². The molecule has 0 radical (unpaired) electrons. The third-order valence-electron chi connectivity index (χ3n) is 1.66. The lowest BCUT2D eigenvalue weighted by molar-refractivity contribution is 0.754. The zero-order chi connectivity index (χ0) is 10.5. The highest BCUT2D eigenvalue weighted by Gasteiger charge is 1.88. The quantitative estimate of drug-likeness (QED) is 0.678. The van der Waals surface area contributed by atoms with Crippen LogP contribution < -0.4 is 5.53 Å². The second-order valence-electron chi connectivity index (χ2n) is 2.75. The summed E-state index contributed by atoms with van der Waals surface area (Å²) in [6.07, 6.45) is 4.66. The van der Waals surface area contributed by atoms with Gasteiger partial charge in [0, 0.05) is 4.47 Å². The Bertz CT molecular complexity index is 434. The highest BCUT2D eigenvalue weighted by atomic mass is 79.9. The fourth-order valence-electron chi connectivity index (χ4n) is 0.971. The Morgan fingerprint density at radius 1 is 1.33 bits per heavy atom. The van der Waals surface area contributed by atoms with Gasteiger partial charge in [-0.3, -0.25) is 0 Å². The first-order valence-electron chi connectivity index (χ1n) is 4.24. The van der Waals surface area contributed by atoms with E-state index in [0.717, 1.165) is 10.0 Å². The number of rotatable bonds is 3. The molecule has 15 heavy (non-hydrogen) atoms. The van der Waals surface area contributed by atoms with Gasteiger partial charge in [-0.15, -0.1) is 9.89 Å². The number of nitrogens with one attached hydrogen (secondary N) is 1. The SMILES string of the molecule is Brc1ccc(/C=N/Nn2cncn2)cc1. The monoisotopic (exact) mass is 265 g/mol. The Balaban J connectivity index is 1.97. The number of benzene rings is 1. The smallest absolute Gasteiger partial charge is 0.139 e. The average molecular weight is 266 g/mol. The first-order valence-corrected chi connectivity index (χ1v) is 5.03. The average Bonchev–Trinajstić information content (AvgIpc) is 2.74. The van der Waals surface area contributed by atoms with Crippen molar-refractivity contribution in [1.29, 1.82) is 0 Å². The van der Waals surface area contributed by atoms with Crippen molar-refractivity contribution in [1.82, 2.24) is 14.9 Å². The van der Waals surface area contributed by atoms with E-state index in [-0.39, 0.29) is 0 Å². The van der Waals surface area contributed by atoms with Gasteiger partial charge < -0.3 is 0 Å². The summed E-state index contributed by atoms with van der Waals surface area (Å²) in [7, 11) is 0. The number of aromatic nitrogens is 3. The Kier molecular flexibility index (Phi) is 3.08. The Hall–Kier alpha value is -1.69. The largest absolute Gasteiger partial charge is 0.221 e. The van der Waals surface area contributed by atoms with Gasteiger partial charge in [-0.1, -0.05) is 28.1 Å². The lowest BCUT2D eigenvalue weighted by atomic mass is 10.2. The number of nitrogens with zero attached hydrogens (tertiary/aromatic N) is 4. The second-order valence-corrected chi connectivity index (χ2v) is 3.67. The Morgan fingerprint density at radius 2 is 2.13 bits per heavy atom. The fourth-order valence-corrected chi connectivity index (χ4v) is 1.24. The van der Waals surface area contributed by atoms with Gasteiger partial charge in [0.05, 0.1) is 6.21 Å². The molecule has 1 aromatic heterocycles. The van der Waals surface area contributed by atoms with Crippen molar-refractivity contribution in [2.24, 2.45) is 5.10 Å². The van der Waals surface area contributed by atoms with Crippen molar-refractivity contribution in [3.63, 3.8) is 0 Å². The Morgan fingerprint density at radius 3 is 2.80 bits per heavy atom. The summed E-state index contributed by atoms with van der Waals surface area (Å²) in [5, 5.41) is 7.82. The highest BCUT2D eigenvalue weighted by molar-refractivity contribution is 9.10. The number of hydrogen-bond acceptors (Lipinski definition) is 4. The predicted molar refractivity (Wildman–Crippen MR) is 61.1 cm³/mol. The molecule has 1 N–H and O–H groups in total. The first-order chi connectivity index (χ1) is 7.34. The summed E-state index contributed by atoms with van der Waals surface area (Å²) >= 11 is 3.36. The lowest BCUT2D eigenvalue weighted by Gasteiger charge is -1.96. The molecule has 76 valence electrons. The standard InChI is InChI=1S/C9H8BrN5/c10-9-3-1-8(2-4-9)5-12-14-15-7-11-6-13-15/h1-7,14H/b12-5+. The van der Waals surface area contributed by atoms with Crippen LogP contribution in [0.1, 0.15) is 5.56 Å². The van der Waals surface area contributed by atoms with Crippen LogP contribution >= 0.6 is 15.9 Å². The normalized spacial score (nSPS) is 10.7. The molecular weight excluding hydrogens is 258 g/mol. The molecule has 1 heterocycles. The van der Waals surface area contributed by atoms with Gasteiger partial charge in [0.1, 0.15) is 12.7 Å².